The largest absolute Gasteiger partial charge is 0.493 e. The Morgan fingerprint density at radius 2 is 1.66 bits per heavy atom. The molecule has 3 aromatic rings. The van der Waals surface area contributed by atoms with Crippen LogP contribution >= 0.6 is 0 Å². The summed E-state index contributed by atoms with van der Waals surface area (Å²) in [5.74, 6) is -0.180. The minimum atomic E-state index is -0.773. The first-order valence-electron chi connectivity index (χ1n) is 9.06. The van der Waals surface area contributed by atoms with E-state index in [1.54, 1.807) is 42.5 Å². The van der Waals surface area contributed by atoms with Crippen LogP contribution < -0.4 is 14.9 Å². The minimum Gasteiger partial charge on any atom is -0.493 e. The van der Waals surface area contributed by atoms with Gasteiger partial charge in [0.25, 0.3) is 11.6 Å². The van der Waals surface area contributed by atoms with Gasteiger partial charge in [-0.05, 0) is 42.0 Å². The number of carbonyl (C=O) groups excluding carboxylic acids is 1. The van der Waals surface area contributed by atoms with E-state index in [9.17, 15) is 25.0 Å². The van der Waals surface area contributed by atoms with Gasteiger partial charge >= 0.3 is 5.69 Å². The molecule has 0 fully saturated rings. The van der Waals surface area contributed by atoms with Crippen LogP contribution in [0.25, 0.3) is 0 Å². The molecule has 0 saturated carbocycles. The number of non-ortho nitro benzene ring substituents is 1. The van der Waals surface area contributed by atoms with Gasteiger partial charge in [-0.3, -0.25) is 25.0 Å². The van der Waals surface area contributed by atoms with Crippen molar-refractivity contribution >= 4 is 23.5 Å². The number of rotatable bonds is 8. The summed E-state index contributed by atoms with van der Waals surface area (Å²) in [4.78, 5) is 32.7. The van der Waals surface area contributed by atoms with Crippen molar-refractivity contribution in [1.82, 2.24) is 5.43 Å². The van der Waals surface area contributed by atoms with E-state index >= 15 is 0 Å². The van der Waals surface area contributed by atoms with Gasteiger partial charge in [-0.2, -0.15) is 5.10 Å². The molecule has 1 amide bonds. The van der Waals surface area contributed by atoms with Gasteiger partial charge in [0.15, 0.2) is 11.5 Å². The van der Waals surface area contributed by atoms with Crippen molar-refractivity contribution in [3.8, 4) is 17.2 Å². The van der Waals surface area contributed by atoms with Crippen molar-refractivity contribution < 1.29 is 24.1 Å². The second kappa shape index (κ2) is 9.80. The van der Waals surface area contributed by atoms with E-state index in [4.69, 9.17) is 9.47 Å². The molecule has 0 radical (unpaired) electrons. The smallest absolute Gasteiger partial charge is 0.318 e. The van der Waals surface area contributed by atoms with Crippen LogP contribution in [0.4, 0.5) is 11.4 Å². The van der Waals surface area contributed by atoms with E-state index in [0.29, 0.717) is 11.1 Å². The van der Waals surface area contributed by atoms with Gasteiger partial charge < -0.3 is 9.47 Å². The number of nitrogens with zero attached hydrogens (tertiary/aromatic N) is 3. The van der Waals surface area contributed by atoms with Crippen LogP contribution in [0.3, 0.4) is 0 Å². The van der Waals surface area contributed by atoms with Crippen LogP contribution in [-0.4, -0.2) is 29.1 Å². The van der Waals surface area contributed by atoms with E-state index in [2.05, 4.69) is 10.5 Å². The predicted octanol–water partition coefficient (Wildman–Crippen LogP) is 4.07. The molecule has 3 rings (SSSR count). The van der Waals surface area contributed by atoms with E-state index in [1.807, 2.05) is 0 Å². The number of nitro benzene ring substituents is 2. The number of carbonyl (C=O) groups is 1. The molecule has 0 saturated heterocycles. The average Bonchev–Trinajstić information content (AvgIpc) is 2.80. The Hall–Kier alpha value is -4.80. The van der Waals surface area contributed by atoms with Crippen molar-refractivity contribution in [3.63, 3.8) is 0 Å². The summed E-state index contributed by atoms with van der Waals surface area (Å²) in [7, 11) is 1.38. The van der Waals surface area contributed by atoms with Crippen LogP contribution in [-0.2, 0) is 0 Å². The summed E-state index contributed by atoms with van der Waals surface area (Å²) < 4.78 is 10.8. The summed E-state index contributed by atoms with van der Waals surface area (Å²) in [6.45, 7) is 0. The molecule has 0 aliphatic carbocycles. The second-order valence-electron chi connectivity index (χ2n) is 6.24. The highest BCUT2D eigenvalue weighted by Gasteiger charge is 2.22. The first-order chi connectivity index (χ1) is 15.4. The number of nitrogens with one attached hydrogen (secondary N) is 1. The van der Waals surface area contributed by atoms with Crippen LogP contribution in [0.5, 0.6) is 17.2 Å². The van der Waals surface area contributed by atoms with Crippen molar-refractivity contribution in [2.24, 2.45) is 5.10 Å². The maximum atomic E-state index is 12.0. The van der Waals surface area contributed by atoms with Gasteiger partial charge in [0, 0.05) is 11.6 Å². The zero-order valence-corrected chi connectivity index (χ0v) is 16.6. The average molecular weight is 436 g/mol. The van der Waals surface area contributed by atoms with Gasteiger partial charge in [0.05, 0.1) is 29.2 Å². The molecular formula is C21H16N4O7. The fourth-order valence-corrected chi connectivity index (χ4v) is 2.64. The highest BCUT2D eigenvalue weighted by Crippen LogP contribution is 2.38. The number of hydrazone groups is 1. The van der Waals surface area contributed by atoms with Gasteiger partial charge in [0.2, 0.25) is 5.75 Å². The fourth-order valence-electron chi connectivity index (χ4n) is 2.64. The lowest BCUT2D eigenvalue weighted by Crippen LogP contribution is -2.17. The third kappa shape index (κ3) is 5.21. The maximum Gasteiger partial charge on any atom is 0.318 e. The zero-order chi connectivity index (χ0) is 23.1. The lowest BCUT2D eigenvalue weighted by molar-refractivity contribution is -0.394. The molecule has 0 bridgehead atoms. The summed E-state index contributed by atoms with van der Waals surface area (Å²) in [6, 6.07) is 16.3. The molecule has 0 aromatic heterocycles. The monoisotopic (exact) mass is 436 g/mol. The molecule has 1 N–H and O–H groups in total. The molecule has 0 heterocycles. The fraction of sp³-hybridized carbons (Fsp3) is 0.0476. The Balaban J connectivity index is 1.78. The Morgan fingerprint density at radius 3 is 2.31 bits per heavy atom. The molecule has 0 aliphatic rings. The number of nitro groups is 2. The molecule has 0 aliphatic heterocycles. The number of amides is 1. The number of methoxy groups -OCH3 is 1. The molecule has 0 atom stereocenters. The molecule has 0 spiro atoms. The highest BCUT2D eigenvalue weighted by atomic mass is 16.6. The molecular weight excluding hydrogens is 420 g/mol. The molecule has 162 valence electrons. The van der Waals surface area contributed by atoms with E-state index in [0.717, 1.165) is 18.2 Å². The van der Waals surface area contributed by atoms with E-state index in [-0.39, 0.29) is 23.2 Å². The summed E-state index contributed by atoms with van der Waals surface area (Å²) in [5.41, 5.74) is 2.42. The van der Waals surface area contributed by atoms with Crippen molar-refractivity contribution in [2.75, 3.05) is 7.11 Å². The molecule has 32 heavy (non-hydrogen) atoms. The number of benzene rings is 3. The van der Waals surface area contributed by atoms with Gasteiger partial charge in [0.1, 0.15) is 0 Å². The molecule has 11 heteroatoms. The van der Waals surface area contributed by atoms with Crippen LogP contribution in [0, 0.1) is 20.2 Å². The van der Waals surface area contributed by atoms with Crippen molar-refractivity contribution in [1.29, 1.82) is 0 Å². The van der Waals surface area contributed by atoms with Crippen molar-refractivity contribution in [3.05, 3.63) is 98.1 Å². The third-order valence-corrected chi connectivity index (χ3v) is 4.17. The first-order valence-corrected chi connectivity index (χ1v) is 9.06. The lowest BCUT2D eigenvalue weighted by Gasteiger charge is -2.11. The molecule has 11 nitrogen and oxygen atoms in total. The molecule has 3 aromatic carbocycles. The number of hydrogen-bond donors (Lipinski definition) is 1. The Kier molecular flexibility index (Phi) is 6.71. The topological polar surface area (TPSA) is 146 Å². The standard InChI is InChI=1S/C21H16N4O7/c1-31-20-11-14(13-22-23-21(26)15-5-3-2-4-6-15)7-9-19(20)32-18-10-8-16(24(27)28)12-17(18)25(29)30/h2-13H,1H3,(H,23,26)/b22-13-. The summed E-state index contributed by atoms with van der Waals surface area (Å²) in [6.07, 6.45) is 1.39. The Bertz CT molecular complexity index is 1200. The quantitative estimate of drug-likeness (QED) is 0.318. The predicted molar refractivity (Wildman–Crippen MR) is 114 cm³/mol. The third-order valence-electron chi connectivity index (χ3n) is 4.17. The van der Waals surface area contributed by atoms with Gasteiger partial charge in [-0.15, -0.1) is 0 Å². The normalized spacial score (nSPS) is 10.5. The summed E-state index contributed by atoms with van der Waals surface area (Å²) >= 11 is 0. The van der Waals surface area contributed by atoms with Crippen LogP contribution in [0.2, 0.25) is 0 Å². The van der Waals surface area contributed by atoms with E-state index < -0.39 is 21.2 Å². The zero-order valence-electron chi connectivity index (χ0n) is 16.6. The van der Waals surface area contributed by atoms with Crippen LogP contribution in [0.15, 0.2) is 71.8 Å². The van der Waals surface area contributed by atoms with Crippen LogP contribution in [0.1, 0.15) is 15.9 Å². The number of hydrogen-bond acceptors (Lipinski definition) is 8. The highest BCUT2D eigenvalue weighted by molar-refractivity contribution is 5.94. The maximum absolute atomic E-state index is 12.0. The van der Waals surface area contributed by atoms with E-state index in [1.165, 1.54) is 19.4 Å². The molecule has 0 unspecified atom stereocenters. The lowest BCUT2D eigenvalue weighted by atomic mass is 10.2. The minimum absolute atomic E-state index is 0.148. The Labute approximate surface area is 181 Å². The van der Waals surface area contributed by atoms with Gasteiger partial charge in [-0.25, -0.2) is 5.43 Å². The van der Waals surface area contributed by atoms with Crippen molar-refractivity contribution in [2.45, 2.75) is 0 Å². The summed E-state index contributed by atoms with van der Waals surface area (Å²) in [5, 5.41) is 26.1. The Morgan fingerprint density at radius 1 is 0.938 bits per heavy atom. The second-order valence-corrected chi connectivity index (χ2v) is 6.24. The van der Waals surface area contributed by atoms with Gasteiger partial charge in [-0.1, -0.05) is 18.2 Å². The first kappa shape index (κ1) is 21.9. The SMILES string of the molecule is COc1cc(/C=N\NC(=O)c2ccccc2)ccc1Oc1ccc([N+](=O)[O-])cc1[N+](=O)[O-]. The number of ether oxygens (including phenoxy) is 2.